The van der Waals surface area contributed by atoms with E-state index in [1.165, 1.54) is 63.4 Å². The van der Waals surface area contributed by atoms with Crippen LogP contribution in [0, 0.1) is 0 Å². The lowest BCUT2D eigenvalue weighted by molar-refractivity contribution is -0.132. The van der Waals surface area contributed by atoms with E-state index < -0.39 is 0 Å². The molecule has 3 aromatic rings. The van der Waals surface area contributed by atoms with Crippen molar-refractivity contribution in [1.82, 2.24) is 9.47 Å². The van der Waals surface area contributed by atoms with Crippen LogP contribution in [0.5, 0.6) is 0 Å². The van der Waals surface area contributed by atoms with Crippen LogP contribution in [0.2, 0.25) is 5.02 Å². The van der Waals surface area contributed by atoms with Gasteiger partial charge in [0.2, 0.25) is 5.91 Å². The summed E-state index contributed by atoms with van der Waals surface area (Å²) in [5.74, 6) is 0.241. The highest BCUT2D eigenvalue weighted by Crippen LogP contribution is 2.20. The summed E-state index contributed by atoms with van der Waals surface area (Å²) in [7, 11) is 0. The highest BCUT2D eigenvalue weighted by molar-refractivity contribution is 6.31. The molecule has 0 unspecified atom stereocenters. The summed E-state index contributed by atoms with van der Waals surface area (Å²) in [6.07, 6.45) is 16.9. The molecular weight excluding hydrogens is 476 g/mol. The van der Waals surface area contributed by atoms with E-state index in [9.17, 15) is 4.79 Å². The molecule has 0 aliphatic carbocycles. The second-order valence-corrected chi connectivity index (χ2v) is 10.6. The van der Waals surface area contributed by atoms with Crippen molar-refractivity contribution >= 4 is 17.5 Å². The molecule has 0 spiro atoms. The first-order valence-corrected chi connectivity index (χ1v) is 14.7. The van der Waals surface area contributed by atoms with E-state index in [4.69, 9.17) is 11.6 Å². The zero-order chi connectivity index (χ0) is 26.1. The maximum atomic E-state index is 13.4. The van der Waals surface area contributed by atoms with Crippen molar-refractivity contribution < 1.29 is 4.79 Å². The molecule has 0 N–H and O–H groups in total. The Balaban J connectivity index is 1.49. The molecule has 0 aliphatic heterocycles. The van der Waals surface area contributed by atoms with Gasteiger partial charge in [-0.3, -0.25) is 4.79 Å². The van der Waals surface area contributed by atoms with Gasteiger partial charge >= 0.3 is 0 Å². The zero-order valence-corrected chi connectivity index (χ0v) is 23.5. The summed E-state index contributed by atoms with van der Waals surface area (Å²) in [5.41, 5.74) is 3.38. The van der Waals surface area contributed by atoms with Crippen LogP contribution in [0.4, 0.5) is 0 Å². The van der Waals surface area contributed by atoms with Crippen molar-refractivity contribution in [3.8, 4) is 0 Å². The van der Waals surface area contributed by atoms with Crippen molar-refractivity contribution in [3.05, 3.63) is 94.8 Å². The molecule has 4 heteroatoms. The summed E-state index contributed by atoms with van der Waals surface area (Å²) in [6.45, 7) is 4.21. The van der Waals surface area contributed by atoms with E-state index in [1.807, 2.05) is 41.3 Å². The first kappa shape index (κ1) is 29.0. The largest absolute Gasteiger partial charge is 0.345 e. The van der Waals surface area contributed by atoms with Crippen molar-refractivity contribution in [1.29, 1.82) is 0 Å². The molecule has 3 nitrogen and oxygen atoms in total. The predicted molar refractivity (Wildman–Crippen MR) is 157 cm³/mol. The number of nitrogens with zero attached hydrogens (tertiary/aromatic N) is 2. The van der Waals surface area contributed by atoms with Gasteiger partial charge in [0, 0.05) is 36.4 Å². The smallest absolute Gasteiger partial charge is 0.223 e. The summed E-state index contributed by atoms with van der Waals surface area (Å²) in [6, 6.07) is 22.5. The van der Waals surface area contributed by atoms with Crippen LogP contribution in [0.3, 0.4) is 0 Å². The van der Waals surface area contributed by atoms with Crippen LogP contribution in [0.15, 0.2) is 72.9 Å². The number of halogens is 1. The number of aromatic nitrogens is 1. The molecule has 3 rings (SSSR count). The van der Waals surface area contributed by atoms with E-state index in [2.05, 4.69) is 48.0 Å². The van der Waals surface area contributed by atoms with Crippen molar-refractivity contribution in [2.24, 2.45) is 0 Å². The number of carbonyl (C=O) groups is 1. The van der Waals surface area contributed by atoms with E-state index in [0.29, 0.717) is 26.1 Å². The molecule has 0 atom stereocenters. The van der Waals surface area contributed by atoms with E-state index >= 15 is 0 Å². The van der Waals surface area contributed by atoms with Gasteiger partial charge in [-0.05, 0) is 35.7 Å². The second kappa shape index (κ2) is 17.1. The highest BCUT2D eigenvalue weighted by Gasteiger charge is 2.16. The normalized spacial score (nSPS) is 11.1. The Morgan fingerprint density at radius 3 is 2.03 bits per heavy atom. The Morgan fingerprint density at radius 1 is 0.730 bits per heavy atom. The van der Waals surface area contributed by atoms with Gasteiger partial charge in [-0.2, -0.15) is 0 Å². The molecule has 1 aromatic heterocycles. The molecule has 0 fully saturated rings. The van der Waals surface area contributed by atoms with Crippen molar-refractivity contribution in [3.63, 3.8) is 0 Å². The first-order chi connectivity index (χ1) is 18.2. The third-order valence-electron chi connectivity index (χ3n) is 7.14. The molecule has 1 heterocycles. The Morgan fingerprint density at radius 2 is 1.35 bits per heavy atom. The molecule has 0 aliphatic rings. The van der Waals surface area contributed by atoms with E-state index in [0.717, 1.165) is 29.1 Å². The maximum absolute atomic E-state index is 13.4. The Labute approximate surface area is 229 Å². The number of benzene rings is 2. The third kappa shape index (κ3) is 10.8. The number of rotatable bonds is 18. The quantitative estimate of drug-likeness (QED) is 0.153. The lowest BCUT2D eigenvalue weighted by Crippen LogP contribution is -2.30. The Bertz CT molecular complexity index is 1030. The third-order valence-corrected chi connectivity index (χ3v) is 7.51. The van der Waals surface area contributed by atoms with Crippen molar-refractivity contribution in [2.45, 2.75) is 104 Å². The van der Waals surface area contributed by atoms with Crippen LogP contribution in [-0.2, 0) is 24.4 Å². The minimum absolute atomic E-state index is 0.241. The number of hydrogen-bond acceptors (Lipinski definition) is 1. The zero-order valence-electron chi connectivity index (χ0n) is 22.7. The molecule has 37 heavy (non-hydrogen) atoms. The summed E-state index contributed by atoms with van der Waals surface area (Å²) < 4.78 is 2.20. The fourth-order valence-electron chi connectivity index (χ4n) is 4.89. The molecule has 1 amide bonds. The molecule has 2 aromatic carbocycles. The molecule has 200 valence electrons. The second-order valence-electron chi connectivity index (χ2n) is 10.2. The fourth-order valence-corrected chi connectivity index (χ4v) is 5.08. The van der Waals surface area contributed by atoms with Gasteiger partial charge in [0.1, 0.15) is 0 Å². The van der Waals surface area contributed by atoms with Crippen molar-refractivity contribution in [2.75, 3.05) is 0 Å². The number of carbonyl (C=O) groups excluding carboxylic acids is 1. The molecular formula is C33H45ClN2O. The van der Waals surface area contributed by atoms with Gasteiger partial charge in [-0.25, -0.2) is 0 Å². The van der Waals surface area contributed by atoms with Gasteiger partial charge in [0.25, 0.3) is 0 Å². The van der Waals surface area contributed by atoms with Crippen LogP contribution in [-0.4, -0.2) is 15.4 Å². The van der Waals surface area contributed by atoms with Crippen LogP contribution in [0.1, 0.15) is 101 Å². The topological polar surface area (TPSA) is 25.2 Å². The maximum Gasteiger partial charge on any atom is 0.223 e. The lowest BCUT2D eigenvalue weighted by Gasteiger charge is -2.24. The average molecular weight is 521 g/mol. The van der Waals surface area contributed by atoms with Gasteiger partial charge in [-0.15, -0.1) is 0 Å². The minimum Gasteiger partial charge on any atom is -0.345 e. The summed E-state index contributed by atoms with van der Waals surface area (Å²) in [5, 5.41) is 0.774. The van der Waals surface area contributed by atoms with Crippen LogP contribution < -0.4 is 0 Å². The lowest BCUT2D eigenvalue weighted by atomic mass is 10.0. The first-order valence-electron chi connectivity index (χ1n) is 14.4. The number of unbranched alkanes of at least 4 members (excludes halogenated alkanes) is 10. The summed E-state index contributed by atoms with van der Waals surface area (Å²) in [4.78, 5) is 15.4. The molecule has 0 radical (unpaired) electrons. The molecule has 0 saturated carbocycles. The Hall–Kier alpha value is -2.52. The van der Waals surface area contributed by atoms with Crippen LogP contribution in [0.25, 0.3) is 0 Å². The number of amides is 1. The highest BCUT2D eigenvalue weighted by atomic mass is 35.5. The van der Waals surface area contributed by atoms with Gasteiger partial charge in [0.05, 0.1) is 6.54 Å². The standard InChI is InChI=1S/C33H45ClN2O/c1-2-3-4-5-6-7-8-9-10-11-15-24-33(37)36(26-29-19-13-12-14-20-29)28-31-22-18-25-35(31)27-30-21-16-17-23-32(30)34/h12-14,16-23,25H,2-11,15,24,26-28H2,1H3. The van der Waals surface area contributed by atoms with E-state index in [-0.39, 0.29) is 5.91 Å². The van der Waals surface area contributed by atoms with Gasteiger partial charge in [0.15, 0.2) is 0 Å². The predicted octanol–water partition coefficient (Wildman–Crippen LogP) is 9.42. The van der Waals surface area contributed by atoms with E-state index in [1.54, 1.807) is 0 Å². The average Bonchev–Trinajstić information content (AvgIpc) is 3.35. The molecule has 0 bridgehead atoms. The number of hydrogen-bond donors (Lipinski definition) is 0. The Kier molecular flexibility index (Phi) is 13.4. The van der Waals surface area contributed by atoms with Crippen LogP contribution >= 0.6 is 11.6 Å². The molecule has 0 saturated heterocycles. The monoisotopic (exact) mass is 520 g/mol. The minimum atomic E-state index is 0.241. The SMILES string of the molecule is CCCCCCCCCCCCCC(=O)N(Cc1ccccc1)Cc1cccn1Cc1ccccc1Cl. The van der Waals surface area contributed by atoms with Gasteiger partial charge < -0.3 is 9.47 Å². The van der Waals surface area contributed by atoms with Gasteiger partial charge in [-0.1, -0.05) is 131 Å². The fraction of sp³-hybridized carbons (Fsp3) is 0.485. The summed E-state index contributed by atoms with van der Waals surface area (Å²) >= 11 is 6.42.